The normalized spacial score (nSPS) is 15.2. The Morgan fingerprint density at radius 3 is 2.80 bits per heavy atom. The summed E-state index contributed by atoms with van der Waals surface area (Å²) in [4.78, 5) is 38.9. The van der Waals surface area contributed by atoms with Gasteiger partial charge in [0.25, 0.3) is 5.69 Å². The molecule has 0 aliphatic carbocycles. The van der Waals surface area contributed by atoms with Gasteiger partial charge in [-0.2, -0.15) is 4.98 Å². The van der Waals surface area contributed by atoms with Crippen LogP contribution in [0.1, 0.15) is 36.9 Å². The molecule has 3 heterocycles. The lowest BCUT2D eigenvalue weighted by Gasteiger charge is -2.24. The van der Waals surface area contributed by atoms with E-state index in [4.69, 9.17) is 4.74 Å². The first-order valence-electron chi connectivity index (χ1n) is 14.5. The number of nitrogens with one attached hydrogen (secondary N) is 2. The fraction of sp³-hybridized carbons (Fsp3) is 0.250. The van der Waals surface area contributed by atoms with Gasteiger partial charge in [0, 0.05) is 37.1 Å². The Hall–Kier alpha value is -5.52. The zero-order valence-electron chi connectivity index (χ0n) is 24.2. The second-order valence-corrected chi connectivity index (χ2v) is 10.7. The number of amides is 1. The maximum absolute atomic E-state index is 12.8. The van der Waals surface area contributed by atoms with E-state index in [1.807, 2.05) is 71.0 Å². The van der Waals surface area contributed by atoms with Gasteiger partial charge in [0.2, 0.25) is 5.95 Å². The Morgan fingerprint density at radius 2 is 1.95 bits per heavy atom. The Bertz CT molecular complexity index is 1780. The highest BCUT2D eigenvalue weighted by Gasteiger charge is 2.29. The van der Waals surface area contributed by atoms with Crippen molar-refractivity contribution in [1.29, 1.82) is 0 Å². The van der Waals surface area contributed by atoms with Crippen molar-refractivity contribution in [2.24, 2.45) is 0 Å². The summed E-state index contributed by atoms with van der Waals surface area (Å²) in [7, 11) is 0. The maximum atomic E-state index is 12.8. The summed E-state index contributed by atoms with van der Waals surface area (Å²) in [6.45, 7) is 3.45. The van der Waals surface area contributed by atoms with E-state index in [1.165, 1.54) is 6.07 Å². The number of rotatable bonds is 10. The number of imidazole rings is 1. The van der Waals surface area contributed by atoms with Crippen LogP contribution in [0.15, 0.2) is 91.4 Å². The fourth-order valence-electron chi connectivity index (χ4n) is 5.37. The number of ether oxygens (including phenoxy) is 1. The fourth-order valence-corrected chi connectivity index (χ4v) is 5.37. The van der Waals surface area contributed by atoms with Gasteiger partial charge >= 0.3 is 6.09 Å². The van der Waals surface area contributed by atoms with Crippen LogP contribution >= 0.6 is 0 Å². The first-order chi connectivity index (χ1) is 21.4. The van der Waals surface area contributed by atoms with Crippen LogP contribution in [0.4, 0.5) is 22.1 Å². The molecule has 224 valence electrons. The van der Waals surface area contributed by atoms with E-state index in [9.17, 15) is 14.9 Å². The van der Waals surface area contributed by atoms with Crippen molar-refractivity contribution in [3.63, 3.8) is 0 Å². The quantitative estimate of drug-likeness (QED) is 0.145. The molecule has 2 N–H and O–H groups in total. The van der Waals surface area contributed by atoms with Crippen molar-refractivity contribution in [2.75, 3.05) is 23.7 Å². The molecule has 1 fully saturated rings. The van der Waals surface area contributed by atoms with E-state index in [2.05, 4.69) is 25.6 Å². The number of nitrogens with zero attached hydrogens (tertiary/aromatic N) is 6. The molecular weight excluding hydrogens is 560 g/mol. The van der Waals surface area contributed by atoms with Gasteiger partial charge in [-0.25, -0.2) is 14.8 Å². The molecule has 2 aromatic heterocycles. The molecule has 1 saturated heterocycles. The Labute approximate surface area is 253 Å². The van der Waals surface area contributed by atoms with Crippen LogP contribution in [-0.2, 0) is 11.3 Å². The standard InChI is InChI=1S/C32H32N8O4/c1-22(24-9-5-10-26(17-24)40(42)43)36-31-33-15-14-30(37-31)39-21-35-28-18-25(12-13-29(28)39)34-19-27-11-6-16-38(27)32(41)44-20-23-7-3-2-4-8-23/h2-5,7-10,12-15,17-18,21-22,27,34H,6,11,16,19-20H2,1H3,(H,33,36,37)/t22-,27?/m0/s1. The number of benzene rings is 3. The number of fused-ring (bicyclic) bond motifs is 1. The molecule has 1 aliphatic heterocycles. The summed E-state index contributed by atoms with van der Waals surface area (Å²) in [5.41, 5.74) is 4.32. The zero-order chi connectivity index (χ0) is 30.5. The summed E-state index contributed by atoms with van der Waals surface area (Å²) in [6.07, 6.45) is 4.94. The van der Waals surface area contributed by atoms with Gasteiger partial charge in [0.1, 0.15) is 18.8 Å². The Morgan fingerprint density at radius 1 is 1.09 bits per heavy atom. The van der Waals surface area contributed by atoms with E-state index < -0.39 is 4.92 Å². The smallest absolute Gasteiger partial charge is 0.410 e. The average Bonchev–Trinajstić information content (AvgIpc) is 3.70. The molecule has 1 aliphatic rings. The number of hydrogen-bond acceptors (Lipinski definition) is 9. The Balaban J connectivity index is 1.09. The second kappa shape index (κ2) is 12.8. The van der Waals surface area contributed by atoms with Gasteiger partial charge in [-0.05, 0) is 55.2 Å². The monoisotopic (exact) mass is 592 g/mol. The van der Waals surface area contributed by atoms with E-state index in [1.54, 1.807) is 30.7 Å². The molecule has 0 bridgehead atoms. The van der Waals surface area contributed by atoms with Crippen LogP contribution in [0.5, 0.6) is 0 Å². The summed E-state index contributed by atoms with van der Waals surface area (Å²) in [6, 6.07) is 23.7. The number of hydrogen-bond donors (Lipinski definition) is 2. The molecule has 6 rings (SSSR count). The molecule has 44 heavy (non-hydrogen) atoms. The number of aromatic nitrogens is 4. The van der Waals surface area contributed by atoms with Crippen LogP contribution in [0.3, 0.4) is 0 Å². The SMILES string of the molecule is C[C@H](Nc1nccc(-n2cnc3cc(NCC4CCCN4C(=O)OCc4ccccc4)ccc32)n1)c1cccc([N+](=O)[O-])c1. The maximum Gasteiger partial charge on any atom is 0.410 e. The number of anilines is 2. The van der Waals surface area contributed by atoms with Crippen molar-refractivity contribution in [3.8, 4) is 5.82 Å². The van der Waals surface area contributed by atoms with E-state index in [0.717, 1.165) is 40.7 Å². The predicted octanol–water partition coefficient (Wildman–Crippen LogP) is 6.11. The number of likely N-dealkylation sites (tertiary alicyclic amines) is 1. The minimum absolute atomic E-state index is 0.0338. The van der Waals surface area contributed by atoms with E-state index in [-0.39, 0.29) is 30.5 Å². The van der Waals surface area contributed by atoms with Crippen LogP contribution in [-0.4, -0.2) is 54.6 Å². The molecule has 1 amide bonds. The zero-order valence-corrected chi connectivity index (χ0v) is 24.2. The number of nitro benzene ring substituents is 1. The lowest BCUT2D eigenvalue weighted by atomic mass is 10.1. The highest BCUT2D eigenvalue weighted by molar-refractivity contribution is 5.81. The molecule has 3 aromatic carbocycles. The Kier molecular flexibility index (Phi) is 8.30. The van der Waals surface area contributed by atoms with Crippen molar-refractivity contribution < 1.29 is 14.5 Å². The highest BCUT2D eigenvalue weighted by Crippen LogP contribution is 2.25. The van der Waals surface area contributed by atoms with Crippen LogP contribution in [0, 0.1) is 10.1 Å². The van der Waals surface area contributed by atoms with Crippen LogP contribution < -0.4 is 10.6 Å². The molecule has 0 radical (unpaired) electrons. The summed E-state index contributed by atoms with van der Waals surface area (Å²) in [5.74, 6) is 1.03. The minimum Gasteiger partial charge on any atom is -0.445 e. The van der Waals surface area contributed by atoms with Crippen LogP contribution in [0.2, 0.25) is 0 Å². The van der Waals surface area contributed by atoms with Crippen molar-refractivity contribution in [1.82, 2.24) is 24.4 Å². The van der Waals surface area contributed by atoms with Gasteiger partial charge in [0.15, 0.2) is 0 Å². The van der Waals surface area contributed by atoms with Crippen molar-refractivity contribution >= 4 is 34.4 Å². The van der Waals surface area contributed by atoms with Gasteiger partial charge < -0.3 is 20.3 Å². The number of carbonyl (C=O) groups is 1. The topological polar surface area (TPSA) is 140 Å². The molecular formula is C32H32N8O4. The number of nitro groups is 1. The van der Waals surface area contributed by atoms with Gasteiger partial charge in [-0.15, -0.1) is 0 Å². The number of carbonyl (C=O) groups excluding carboxylic acids is 1. The molecule has 5 aromatic rings. The highest BCUT2D eigenvalue weighted by atomic mass is 16.6. The average molecular weight is 593 g/mol. The summed E-state index contributed by atoms with van der Waals surface area (Å²) in [5, 5.41) is 17.9. The second-order valence-electron chi connectivity index (χ2n) is 10.7. The molecule has 0 saturated carbocycles. The number of non-ortho nitro benzene ring substituents is 1. The van der Waals surface area contributed by atoms with E-state index >= 15 is 0 Å². The lowest BCUT2D eigenvalue weighted by molar-refractivity contribution is -0.384. The van der Waals surface area contributed by atoms with Crippen molar-refractivity contribution in [2.45, 2.75) is 38.5 Å². The molecule has 2 atom stereocenters. The van der Waals surface area contributed by atoms with E-state index in [0.29, 0.717) is 24.9 Å². The van der Waals surface area contributed by atoms with Gasteiger partial charge in [-0.1, -0.05) is 42.5 Å². The lowest BCUT2D eigenvalue weighted by Crippen LogP contribution is -2.39. The van der Waals surface area contributed by atoms with Gasteiger partial charge in [0.05, 0.1) is 28.0 Å². The third kappa shape index (κ3) is 6.43. The minimum atomic E-state index is -0.411. The summed E-state index contributed by atoms with van der Waals surface area (Å²) < 4.78 is 7.45. The van der Waals surface area contributed by atoms with Crippen molar-refractivity contribution in [3.05, 3.63) is 113 Å². The molecule has 0 spiro atoms. The first-order valence-corrected chi connectivity index (χ1v) is 14.5. The predicted molar refractivity (Wildman–Crippen MR) is 167 cm³/mol. The van der Waals surface area contributed by atoms with Crippen LogP contribution in [0.25, 0.3) is 16.9 Å². The molecule has 1 unspecified atom stereocenters. The van der Waals surface area contributed by atoms with Gasteiger partial charge in [-0.3, -0.25) is 14.7 Å². The first kappa shape index (κ1) is 28.6. The third-order valence-corrected chi connectivity index (χ3v) is 7.72. The molecule has 12 heteroatoms. The largest absolute Gasteiger partial charge is 0.445 e. The third-order valence-electron chi connectivity index (χ3n) is 7.72. The molecule has 12 nitrogen and oxygen atoms in total. The summed E-state index contributed by atoms with van der Waals surface area (Å²) >= 11 is 0.